The fourth-order valence-corrected chi connectivity index (χ4v) is 2.52. The first kappa shape index (κ1) is 10.4. The number of nitrogens with one attached hydrogen (secondary N) is 2. The van der Waals surface area contributed by atoms with Gasteiger partial charge in [0.1, 0.15) is 0 Å². The minimum atomic E-state index is 0.816. The van der Waals surface area contributed by atoms with E-state index in [1.807, 2.05) is 6.20 Å². The van der Waals surface area contributed by atoms with E-state index in [4.69, 9.17) is 0 Å². The number of aryl methyl sites for hydroxylation is 1. The Hall–Kier alpha value is -1.77. The molecule has 0 aliphatic heterocycles. The van der Waals surface area contributed by atoms with E-state index < -0.39 is 0 Å². The summed E-state index contributed by atoms with van der Waals surface area (Å²) in [5.41, 5.74) is 5.44. The quantitative estimate of drug-likeness (QED) is 0.846. The van der Waals surface area contributed by atoms with E-state index in [0.29, 0.717) is 0 Å². The summed E-state index contributed by atoms with van der Waals surface area (Å²) in [6.45, 7) is 0.816. The number of fused-ring (bicyclic) bond motifs is 1. The van der Waals surface area contributed by atoms with Crippen LogP contribution in [0.5, 0.6) is 0 Å². The third-order valence-corrected chi connectivity index (χ3v) is 3.42. The second-order valence-corrected chi connectivity index (χ2v) is 4.58. The zero-order valence-electron chi connectivity index (χ0n) is 9.87. The minimum Gasteiger partial charge on any atom is -0.379 e. The van der Waals surface area contributed by atoms with Crippen LogP contribution < -0.4 is 5.32 Å². The van der Waals surface area contributed by atoms with Gasteiger partial charge in [0.15, 0.2) is 0 Å². The van der Waals surface area contributed by atoms with Gasteiger partial charge in [-0.25, -0.2) is 4.98 Å². The number of anilines is 1. The first-order chi connectivity index (χ1) is 8.43. The van der Waals surface area contributed by atoms with Gasteiger partial charge in [-0.15, -0.1) is 0 Å². The summed E-state index contributed by atoms with van der Waals surface area (Å²) in [7, 11) is 0. The zero-order chi connectivity index (χ0) is 11.5. The lowest BCUT2D eigenvalue weighted by Gasteiger charge is -2.19. The van der Waals surface area contributed by atoms with Crippen molar-refractivity contribution in [3.8, 4) is 0 Å². The predicted molar refractivity (Wildman–Crippen MR) is 69.0 cm³/mol. The van der Waals surface area contributed by atoms with Crippen LogP contribution in [-0.4, -0.2) is 9.97 Å². The Labute approximate surface area is 101 Å². The Morgan fingerprint density at radius 3 is 3.06 bits per heavy atom. The monoisotopic (exact) mass is 227 g/mol. The fraction of sp³-hybridized carbons (Fsp3) is 0.357. The Morgan fingerprint density at radius 1 is 1.24 bits per heavy atom. The van der Waals surface area contributed by atoms with Crippen molar-refractivity contribution in [3.05, 3.63) is 47.5 Å². The van der Waals surface area contributed by atoms with E-state index in [2.05, 4.69) is 33.5 Å². The molecule has 3 nitrogen and oxygen atoms in total. The average Bonchev–Trinajstić information content (AvgIpc) is 2.89. The van der Waals surface area contributed by atoms with Gasteiger partial charge in [-0.05, 0) is 42.9 Å². The Kier molecular flexibility index (Phi) is 2.82. The standard InChI is InChI=1S/C14H17N3/c1-2-6-13-11(4-1)5-3-7-14(13)16-9-12-8-15-10-17-12/h3,5,7-8,10,16H,1-2,4,6,9H2,(H,15,17). The molecule has 1 heterocycles. The maximum atomic E-state index is 4.03. The fourth-order valence-electron chi connectivity index (χ4n) is 2.52. The van der Waals surface area contributed by atoms with Crippen LogP contribution in [0.4, 0.5) is 5.69 Å². The normalized spacial score (nSPS) is 14.4. The van der Waals surface area contributed by atoms with Crippen molar-refractivity contribution < 1.29 is 0 Å². The van der Waals surface area contributed by atoms with E-state index >= 15 is 0 Å². The van der Waals surface area contributed by atoms with Crippen molar-refractivity contribution >= 4 is 5.69 Å². The van der Waals surface area contributed by atoms with Crippen molar-refractivity contribution in [1.29, 1.82) is 0 Å². The molecule has 1 aliphatic carbocycles. The number of aromatic nitrogens is 2. The van der Waals surface area contributed by atoms with Crippen LogP contribution in [0.1, 0.15) is 29.7 Å². The lowest BCUT2D eigenvalue weighted by atomic mass is 9.90. The smallest absolute Gasteiger partial charge is 0.0922 e. The average molecular weight is 227 g/mol. The van der Waals surface area contributed by atoms with Crippen LogP contribution in [-0.2, 0) is 19.4 Å². The molecule has 3 rings (SSSR count). The third kappa shape index (κ3) is 2.18. The molecule has 0 atom stereocenters. The molecule has 0 radical (unpaired) electrons. The van der Waals surface area contributed by atoms with Gasteiger partial charge in [0.25, 0.3) is 0 Å². The lowest BCUT2D eigenvalue weighted by molar-refractivity contribution is 0.686. The molecule has 1 aromatic heterocycles. The summed E-state index contributed by atoms with van der Waals surface area (Å²) in [5.74, 6) is 0. The summed E-state index contributed by atoms with van der Waals surface area (Å²) in [6.07, 6.45) is 8.67. The van der Waals surface area contributed by atoms with Crippen molar-refractivity contribution in [3.63, 3.8) is 0 Å². The maximum Gasteiger partial charge on any atom is 0.0922 e. The van der Waals surface area contributed by atoms with Crippen LogP contribution in [0, 0.1) is 0 Å². The molecular formula is C14H17N3. The Balaban J connectivity index is 1.78. The van der Waals surface area contributed by atoms with Gasteiger partial charge in [-0.3, -0.25) is 0 Å². The van der Waals surface area contributed by atoms with Gasteiger partial charge in [-0.1, -0.05) is 12.1 Å². The van der Waals surface area contributed by atoms with E-state index in [0.717, 1.165) is 12.2 Å². The van der Waals surface area contributed by atoms with Gasteiger partial charge in [0.05, 0.1) is 18.6 Å². The summed E-state index contributed by atoms with van der Waals surface area (Å²) in [6, 6.07) is 6.59. The van der Waals surface area contributed by atoms with Crippen LogP contribution in [0.15, 0.2) is 30.7 Å². The molecule has 3 heteroatoms. The molecule has 0 bridgehead atoms. The molecule has 88 valence electrons. The van der Waals surface area contributed by atoms with Gasteiger partial charge >= 0.3 is 0 Å². The topological polar surface area (TPSA) is 40.7 Å². The first-order valence-electron chi connectivity index (χ1n) is 6.25. The number of imidazole rings is 1. The Morgan fingerprint density at radius 2 is 2.18 bits per heavy atom. The number of hydrogen-bond acceptors (Lipinski definition) is 2. The van der Waals surface area contributed by atoms with E-state index in [1.165, 1.54) is 42.5 Å². The molecule has 2 N–H and O–H groups in total. The van der Waals surface area contributed by atoms with E-state index in [-0.39, 0.29) is 0 Å². The van der Waals surface area contributed by atoms with E-state index in [1.54, 1.807) is 6.33 Å². The summed E-state index contributed by atoms with van der Waals surface area (Å²) in [5, 5.41) is 3.50. The van der Waals surface area contributed by atoms with Crippen molar-refractivity contribution in [2.24, 2.45) is 0 Å². The molecule has 17 heavy (non-hydrogen) atoms. The number of nitrogens with zero attached hydrogens (tertiary/aromatic N) is 1. The molecular weight excluding hydrogens is 210 g/mol. The molecule has 0 fully saturated rings. The number of aromatic amines is 1. The number of hydrogen-bond donors (Lipinski definition) is 2. The van der Waals surface area contributed by atoms with Crippen molar-refractivity contribution in [1.82, 2.24) is 9.97 Å². The minimum absolute atomic E-state index is 0.816. The first-order valence-corrected chi connectivity index (χ1v) is 6.25. The Bertz CT molecular complexity index is 488. The highest BCUT2D eigenvalue weighted by molar-refractivity contribution is 5.55. The number of rotatable bonds is 3. The zero-order valence-corrected chi connectivity index (χ0v) is 9.87. The highest BCUT2D eigenvalue weighted by atomic mass is 14.9. The highest BCUT2D eigenvalue weighted by Crippen LogP contribution is 2.27. The van der Waals surface area contributed by atoms with E-state index in [9.17, 15) is 0 Å². The van der Waals surface area contributed by atoms with Gasteiger partial charge in [0, 0.05) is 11.9 Å². The van der Waals surface area contributed by atoms with Crippen LogP contribution in [0.3, 0.4) is 0 Å². The largest absolute Gasteiger partial charge is 0.379 e. The van der Waals surface area contributed by atoms with Crippen molar-refractivity contribution in [2.45, 2.75) is 32.2 Å². The summed E-state index contributed by atoms with van der Waals surface area (Å²) >= 11 is 0. The van der Waals surface area contributed by atoms with Crippen molar-refractivity contribution in [2.75, 3.05) is 5.32 Å². The summed E-state index contributed by atoms with van der Waals surface area (Å²) in [4.78, 5) is 7.14. The van der Waals surface area contributed by atoms with Crippen LogP contribution >= 0.6 is 0 Å². The number of benzene rings is 1. The molecule has 2 aromatic rings. The molecule has 1 aromatic carbocycles. The van der Waals surface area contributed by atoms with Crippen LogP contribution in [0.2, 0.25) is 0 Å². The molecule has 1 aliphatic rings. The third-order valence-electron chi connectivity index (χ3n) is 3.42. The molecule has 0 saturated heterocycles. The second-order valence-electron chi connectivity index (χ2n) is 4.58. The molecule has 0 spiro atoms. The van der Waals surface area contributed by atoms with Gasteiger partial charge < -0.3 is 10.3 Å². The maximum absolute atomic E-state index is 4.03. The lowest BCUT2D eigenvalue weighted by Crippen LogP contribution is -2.08. The van der Waals surface area contributed by atoms with Gasteiger partial charge in [0.2, 0.25) is 0 Å². The molecule has 0 saturated carbocycles. The second kappa shape index (κ2) is 4.62. The highest BCUT2D eigenvalue weighted by Gasteiger charge is 2.12. The number of H-pyrrole nitrogens is 1. The predicted octanol–water partition coefficient (Wildman–Crippen LogP) is 2.90. The molecule has 0 unspecified atom stereocenters. The van der Waals surface area contributed by atoms with Gasteiger partial charge in [-0.2, -0.15) is 0 Å². The molecule has 0 amide bonds. The summed E-state index contributed by atoms with van der Waals surface area (Å²) < 4.78 is 0. The van der Waals surface area contributed by atoms with Crippen LogP contribution in [0.25, 0.3) is 0 Å². The SMILES string of the molecule is c1cc2c(c(NCc3cnc[nH]3)c1)CCCC2.